The second-order valence-corrected chi connectivity index (χ2v) is 10.9. The molecule has 2 amide bonds. The van der Waals surface area contributed by atoms with Gasteiger partial charge in [0.2, 0.25) is 0 Å². The minimum absolute atomic E-state index is 0.0122. The van der Waals surface area contributed by atoms with E-state index in [1.165, 1.54) is 30.0 Å². The number of aliphatic hydroxyl groups excluding tert-OH is 1. The van der Waals surface area contributed by atoms with Crippen LogP contribution in [-0.2, 0) is 6.42 Å². The number of H-pyrrole nitrogens is 1. The number of halogens is 2. The maximum Gasteiger partial charge on any atom is 0.253 e. The lowest BCUT2D eigenvalue weighted by atomic mass is 10.0. The van der Waals surface area contributed by atoms with Crippen molar-refractivity contribution in [3.8, 4) is 0 Å². The highest BCUT2D eigenvalue weighted by Gasteiger charge is 2.25. The number of hydrogen-bond acceptors (Lipinski definition) is 5. The third-order valence-electron chi connectivity index (χ3n) is 6.56. The number of amides is 2. The molecule has 0 bridgehead atoms. The Morgan fingerprint density at radius 1 is 0.976 bits per heavy atom. The highest BCUT2D eigenvalue weighted by molar-refractivity contribution is 7.99. The van der Waals surface area contributed by atoms with E-state index >= 15 is 0 Å². The lowest BCUT2D eigenvalue weighted by molar-refractivity contribution is 0.0755. The van der Waals surface area contributed by atoms with Crippen LogP contribution >= 0.6 is 11.8 Å². The molecule has 7 nitrogen and oxygen atoms in total. The summed E-state index contributed by atoms with van der Waals surface area (Å²) in [6.45, 7) is 5.24. The minimum Gasteiger partial charge on any atom is -0.390 e. The zero-order chi connectivity index (χ0) is 29.4. The molecular weight excluding hydrogens is 546 g/mol. The van der Waals surface area contributed by atoms with Crippen molar-refractivity contribution < 1.29 is 23.5 Å². The number of nitrogens with zero attached hydrogens (tertiary/aromatic N) is 2. The largest absolute Gasteiger partial charge is 0.390 e. The van der Waals surface area contributed by atoms with Gasteiger partial charge in [-0.05, 0) is 67.3 Å². The van der Waals surface area contributed by atoms with E-state index in [2.05, 4.69) is 15.3 Å². The van der Waals surface area contributed by atoms with Crippen LogP contribution in [0.3, 0.4) is 0 Å². The number of aliphatic hydroxyl groups is 1. The summed E-state index contributed by atoms with van der Waals surface area (Å²) in [5, 5.41) is 14.6. The number of benzene rings is 3. The van der Waals surface area contributed by atoms with Crippen molar-refractivity contribution in [1.82, 2.24) is 20.2 Å². The molecule has 1 heterocycles. The van der Waals surface area contributed by atoms with Crippen LogP contribution in [-0.4, -0.2) is 62.8 Å². The molecule has 0 radical (unpaired) electrons. The van der Waals surface area contributed by atoms with Crippen molar-refractivity contribution >= 4 is 34.6 Å². The van der Waals surface area contributed by atoms with Crippen LogP contribution in [0.25, 0.3) is 11.0 Å². The molecular formula is C31H34F2N4O3S. The van der Waals surface area contributed by atoms with Crippen molar-refractivity contribution in [2.75, 3.05) is 18.8 Å². The summed E-state index contributed by atoms with van der Waals surface area (Å²) in [5.74, 6) is -1.99. The van der Waals surface area contributed by atoms with Crippen LogP contribution < -0.4 is 5.32 Å². The molecule has 2 atom stereocenters. The Morgan fingerprint density at radius 2 is 1.66 bits per heavy atom. The summed E-state index contributed by atoms with van der Waals surface area (Å²) in [4.78, 5) is 35.9. The van der Waals surface area contributed by atoms with Crippen LogP contribution in [0.4, 0.5) is 8.78 Å². The monoisotopic (exact) mass is 580 g/mol. The fourth-order valence-electron chi connectivity index (χ4n) is 4.63. The van der Waals surface area contributed by atoms with Crippen molar-refractivity contribution in [2.45, 2.75) is 50.4 Å². The Labute approximate surface area is 242 Å². The molecule has 0 saturated carbocycles. The number of nitrogens with one attached hydrogen (secondary N) is 2. The lowest BCUT2D eigenvalue weighted by Gasteiger charge is -2.25. The Balaban J connectivity index is 1.52. The Kier molecular flexibility index (Phi) is 10.5. The van der Waals surface area contributed by atoms with Crippen LogP contribution in [0, 0.1) is 11.6 Å². The number of fused-ring (bicyclic) bond motifs is 1. The van der Waals surface area contributed by atoms with Gasteiger partial charge in [-0.25, -0.2) is 13.8 Å². The van der Waals surface area contributed by atoms with Crippen molar-refractivity contribution in [3.05, 3.63) is 95.1 Å². The van der Waals surface area contributed by atoms with Gasteiger partial charge in [0.1, 0.15) is 11.6 Å². The van der Waals surface area contributed by atoms with Gasteiger partial charge in [-0.15, -0.1) is 0 Å². The van der Waals surface area contributed by atoms with Gasteiger partial charge in [0.15, 0.2) is 5.16 Å². The van der Waals surface area contributed by atoms with Gasteiger partial charge in [0, 0.05) is 36.0 Å². The molecule has 0 saturated heterocycles. The van der Waals surface area contributed by atoms with E-state index in [0.717, 1.165) is 29.9 Å². The first-order chi connectivity index (χ1) is 19.8. The first-order valence-electron chi connectivity index (χ1n) is 13.7. The maximum atomic E-state index is 13.9. The molecule has 0 aliphatic rings. The quantitative estimate of drug-likeness (QED) is 0.179. The number of aromatic amines is 1. The SMILES string of the molecule is CCCN(CCC)C(=O)c1cccc(C(=O)NC(Cc2cc(F)cc(F)c2)C(O)CSc2nc3ccccc3[nH]2)c1. The van der Waals surface area contributed by atoms with E-state index in [9.17, 15) is 23.5 Å². The van der Waals surface area contributed by atoms with E-state index < -0.39 is 29.7 Å². The van der Waals surface area contributed by atoms with Gasteiger partial charge in [-0.1, -0.05) is 43.8 Å². The Bertz CT molecular complexity index is 1440. The number of aromatic nitrogens is 2. The lowest BCUT2D eigenvalue weighted by Crippen LogP contribution is -2.46. The molecule has 0 fully saturated rings. The van der Waals surface area contributed by atoms with Gasteiger partial charge >= 0.3 is 0 Å². The second-order valence-electron chi connectivity index (χ2n) is 9.87. The standard InChI is InChI=1S/C31H34F2N4O3S/c1-3-12-37(13-4-2)30(40)22-9-7-8-21(17-22)29(39)34-27(16-20-14-23(32)18-24(33)15-20)28(38)19-41-31-35-25-10-5-6-11-26(25)36-31/h5-11,14-15,17-18,27-28,38H,3-4,12-13,16,19H2,1-2H3,(H,34,39)(H,35,36). The number of para-hydroxylation sites is 2. The molecule has 2 unspecified atom stereocenters. The van der Waals surface area contributed by atoms with Gasteiger partial charge in [0.05, 0.1) is 23.2 Å². The topological polar surface area (TPSA) is 98.3 Å². The molecule has 3 N–H and O–H groups in total. The fourth-order valence-corrected chi connectivity index (χ4v) is 5.53. The summed E-state index contributed by atoms with van der Waals surface area (Å²) in [6.07, 6.45) is 0.538. The average molecular weight is 581 g/mol. The van der Waals surface area contributed by atoms with Gasteiger partial charge in [0.25, 0.3) is 11.8 Å². The number of imidazole rings is 1. The van der Waals surface area contributed by atoms with Gasteiger partial charge in [-0.3, -0.25) is 9.59 Å². The van der Waals surface area contributed by atoms with E-state index in [-0.39, 0.29) is 23.6 Å². The summed E-state index contributed by atoms with van der Waals surface area (Å²) in [6, 6.07) is 16.2. The van der Waals surface area contributed by atoms with Crippen LogP contribution in [0.5, 0.6) is 0 Å². The summed E-state index contributed by atoms with van der Waals surface area (Å²) >= 11 is 1.27. The number of carbonyl (C=O) groups excluding carboxylic acids is 2. The molecule has 4 rings (SSSR count). The van der Waals surface area contributed by atoms with Crippen LogP contribution in [0.15, 0.2) is 71.9 Å². The third kappa shape index (κ3) is 8.14. The van der Waals surface area contributed by atoms with E-state index in [4.69, 9.17) is 0 Å². The minimum atomic E-state index is -1.09. The maximum absolute atomic E-state index is 13.9. The highest BCUT2D eigenvalue weighted by atomic mass is 32.2. The zero-order valence-corrected chi connectivity index (χ0v) is 23.9. The first kappa shape index (κ1) is 30.2. The van der Waals surface area contributed by atoms with Crippen molar-refractivity contribution in [2.24, 2.45) is 0 Å². The van der Waals surface area contributed by atoms with Gasteiger partial charge in [-0.2, -0.15) is 0 Å². The molecule has 0 aliphatic heterocycles. The molecule has 3 aromatic carbocycles. The predicted octanol–water partition coefficient (Wildman–Crippen LogP) is 5.60. The fraction of sp³-hybridized carbons (Fsp3) is 0.323. The van der Waals surface area contributed by atoms with Crippen molar-refractivity contribution in [1.29, 1.82) is 0 Å². The van der Waals surface area contributed by atoms with E-state index in [1.54, 1.807) is 23.1 Å². The van der Waals surface area contributed by atoms with Crippen LogP contribution in [0.1, 0.15) is 53.0 Å². The van der Waals surface area contributed by atoms with Gasteiger partial charge < -0.3 is 20.3 Å². The molecule has 1 aromatic heterocycles. The number of hydrogen-bond donors (Lipinski definition) is 3. The first-order valence-corrected chi connectivity index (χ1v) is 14.7. The van der Waals surface area contributed by atoms with Crippen molar-refractivity contribution in [3.63, 3.8) is 0 Å². The molecule has 0 aliphatic carbocycles. The number of carbonyl (C=O) groups is 2. The average Bonchev–Trinajstić information content (AvgIpc) is 3.38. The van der Waals surface area contributed by atoms with Crippen LogP contribution in [0.2, 0.25) is 0 Å². The summed E-state index contributed by atoms with van der Waals surface area (Å²) < 4.78 is 27.9. The third-order valence-corrected chi connectivity index (χ3v) is 7.54. The van der Waals surface area contributed by atoms with E-state index in [0.29, 0.717) is 29.4 Å². The van der Waals surface area contributed by atoms with E-state index in [1.807, 2.05) is 38.1 Å². The molecule has 10 heteroatoms. The molecule has 0 spiro atoms. The molecule has 41 heavy (non-hydrogen) atoms. The summed E-state index contributed by atoms with van der Waals surface area (Å²) in [7, 11) is 0. The Morgan fingerprint density at radius 3 is 2.34 bits per heavy atom. The normalized spacial score (nSPS) is 12.7. The second kappa shape index (κ2) is 14.2. The zero-order valence-electron chi connectivity index (χ0n) is 23.1. The molecule has 216 valence electrons. The highest BCUT2D eigenvalue weighted by Crippen LogP contribution is 2.22. The predicted molar refractivity (Wildman–Crippen MR) is 157 cm³/mol. The smallest absolute Gasteiger partial charge is 0.253 e. The Hall–Kier alpha value is -3.76. The molecule has 4 aromatic rings. The summed E-state index contributed by atoms with van der Waals surface area (Å²) in [5.41, 5.74) is 2.57. The number of rotatable bonds is 13. The number of thioether (sulfide) groups is 1.